The van der Waals surface area contributed by atoms with Crippen LogP contribution < -0.4 is 0 Å². The molecule has 0 saturated heterocycles. The standard InChI is InChI=1S/C15H12N2O2S/c18-14(19)11-5-3-4-10(8-11)9-20-15-16-12-6-1-2-7-13(12)17-15/h1-8H,9H2,(H,16,17)(H,18,19). The molecule has 0 bridgehead atoms. The average Bonchev–Trinajstić information content (AvgIpc) is 2.88. The Morgan fingerprint density at radius 3 is 2.85 bits per heavy atom. The molecule has 3 rings (SSSR count). The summed E-state index contributed by atoms with van der Waals surface area (Å²) in [5.41, 5.74) is 3.23. The first-order valence-corrected chi connectivity index (χ1v) is 7.11. The van der Waals surface area contributed by atoms with Gasteiger partial charge in [-0.05, 0) is 29.8 Å². The number of hydrogen-bond acceptors (Lipinski definition) is 3. The summed E-state index contributed by atoms with van der Waals surface area (Å²) in [5.74, 6) is -0.221. The molecular formula is C15H12N2O2S. The van der Waals surface area contributed by atoms with E-state index >= 15 is 0 Å². The SMILES string of the molecule is O=C(O)c1cccc(CSc2nc3ccccc3[nH]2)c1. The van der Waals surface area contributed by atoms with Gasteiger partial charge in [0.25, 0.3) is 0 Å². The van der Waals surface area contributed by atoms with E-state index in [9.17, 15) is 4.79 Å². The molecule has 100 valence electrons. The fraction of sp³-hybridized carbons (Fsp3) is 0.0667. The van der Waals surface area contributed by atoms with Gasteiger partial charge in [-0.3, -0.25) is 0 Å². The van der Waals surface area contributed by atoms with Crippen LogP contribution in [-0.4, -0.2) is 21.0 Å². The van der Waals surface area contributed by atoms with E-state index in [1.165, 1.54) is 0 Å². The van der Waals surface area contributed by atoms with Crippen molar-refractivity contribution >= 4 is 28.8 Å². The third kappa shape index (κ3) is 2.67. The average molecular weight is 284 g/mol. The second-order valence-electron chi connectivity index (χ2n) is 4.35. The number of para-hydroxylation sites is 2. The molecule has 0 radical (unpaired) electrons. The number of aromatic amines is 1. The molecule has 2 aromatic carbocycles. The Morgan fingerprint density at radius 2 is 2.05 bits per heavy atom. The second-order valence-corrected chi connectivity index (χ2v) is 5.32. The van der Waals surface area contributed by atoms with Crippen molar-refractivity contribution in [2.75, 3.05) is 0 Å². The van der Waals surface area contributed by atoms with Crippen LogP contribution in [0.5, 0.6) is 0 Å². The number of rotatable bonds is 4. The molecule has 3 aromatic rings. The van der Waals surface area contributed by atoms with Gasteiger partial charge >= 0.3 is 5.97 Å². The largest absolute Gasteiger partial charge is 0.478 e. The zero-order valence-electron chi connectivity index (χ0n) is 10.5. The van der Waals surface area contributed by atoms with Gasteiger partial charge in [0.2, 0.25) is 0 Å². The minimum absolute atomic E-state index is 0.313. The summed E-state index contributed by atoms with van der Waals surface area (Å²) in [6.45, 7) is 0. The number of nitrogens with one attached hydrogen (secondary N) is 1. The van der Waals surface area contributed by atoms with Gasteiger partial charge in [0, 0.05) is 5.75 Å². The summed E-state index contributed by atoms with van der Waals surface area (Å²) in [7, 11) is 0. The zero-order valence-corrected chi connectivity index (χ0v) is 11.4. The Kier molecular flexibility index (Phi) is 3.43. The van der Waals surface area contributed by atoms with Crippen LogP contribution in [0.4, 0.5) is 0 Å². The third-order valence-electron chi connectivity index (χ3n) is 2.92. The van der Waals surface area contributed by atoms with E-state index in [1.54, 1.807) is 30.0 Å². The summed E-state index contributed by atoms with van der Waals surface area (Å²) in [6.07, 6.45) is 0. The minimum Gasteiger partial charge on any atom is -0.478 e. The zero-order chi connectivity index (χ0) is 13.9. The lowest BCUT2D eigenvalue weighted by atomic mass is 10.1. The van der Waals surface area contributed by atoms with Crippen LogP contribution in [0.15, 0.2) is 53.7 Å². The van der Waals surface area contributed by atoms with E-state index < -0.39 is 5.97 Å². The molecule has 0 amide bonds. The Morgan fingerprint density at radius 1 is 1.20 bits per heavy atom. The van der Waals surface area contributed by atoms with Crippen LogP contribution in [0.25, 0.3) is 11.0 Å². The van der Waals surface area contributed by atoms with Gasteiger partial charge in [-0.25, -0.2) is 9.78 Å². The number of benzene rings is 2. The molecule has 2 N–H and O–H groups in total. The highest BCUT2D eigenvalue weighted by Crippen LogP contribution is 2.23. The smallest absolute Gasteiger partial charge is 0.335 e. The van der Waals surface area contributed by atoms with Crippen molar-refractivity contribution < 1.29 is 9.90 Å². The molecule has 0 aliphatic carbocycles. The van der Waals surface area contributed by atoms with Crippen molar-refractivity contribution in [3.8, 4) is 0 Å². The van der Waals surface area contributed by atoms with Crippen LogP contribution >= 0.6 is 11.8 Å². The van der Waals surface area contributed by atoms with Gasteiger partial charge in [0.05, 0.1) is 16.6 Å². The van der Waals surface area contributed by atoms with Gasteiger partial charge in [-0.2, -0.15) is 0 Å². The molecule has 20 heavy (non-hydrogen) atoms. The second kappa shape index (κ2) is 5.38. The maximum atomic E-state index is 10.9. The van der Waals surface area contributed by atoms with Gasteiger partial charge in [-0.1, -0.05) is 36.0 Å². The van der Waals surface area contributed by atoms with E-state index in [0.29, 0.717) is 11.3 Å². The predicted octanol–water partition coefficient (Wildman–Crippen LogP) is 3.55. The van der Waals surface area contributed by atoms with Crippen molar-refractivity contribution in [3.05, 3.63) is 59.7 Å². The van der Waals surface area contributed by atoms with Crippen molar-refractivity contribution in [1.82, 2.24) is 9.97 Å². The maximum Gasteiger partial charge on any atom is 0.335 e. The number of H-pyrrole nitrogens is 1. The van der Waals surface area contributed by atoms with Crippen LogP contribution in [0.2, 0.25) is 0 Å². The van der Waals surface area contributed by atoms with E-state index in [-0.39, 0.29) is 0 Å². The molecule has 1 heterocycles. The van der Waals surface area contributed by atoms with Gasteiger partial charge in [-0.15, -0.1) is 0 Å². The number of imidazole rings is 1. The summed E-state index contributed by atoms with van der Waals surface area (Å²) >= 11 is 1.56. The van der Waals surface area contributed by atoms with E-state index in [0.717, 1.165) is 21.8 Å². The molecule has 0 aliphatic heterocycles. The lowest BCUT2D eigenvalue weighted by molar-refractivity contribution is 0.0697. The lowest BCUT2D eigenvalue weighted by Crippen LogP contribution is -1.96. The van der Waals surface area contributed by atoms with Gasteiger partial charge in [0.15, 0.2) is 5.16 Å². The number of carbonyl (C=O) groups is 1. The highest BCUT2D eigenvalue weighted by Gasteiger charge is 2.06. The van der Waals surface area contributed by atoms with Gasteiger partial charge < -0.3 is 10.1 Å². The Labute approximate surface area is 119 Å². The van der Waals surface area contributed by atoms with E-state index in [1.807, 2.05) is 30.3 Å². The van der Waals surface area contributed by atoms with Crippen molar-refractivity contribution in [2.45, 2.75) is 10.9 Å². The number of aromatic nitrogens is 2. The summed E-state index contributed by atoms with van der Waals surface area (Å²) in [6, 6.07) is 14.8. The fourth-order valence-electron chi connectivity index (χ4n) is 1.94. The number of carboxylic acids is 1. The topological polar surface area (TPSA) is 66.0 Å². The van der Waals surface area contributed by atoms with E-state index in [4.69, 9.17) is 5.11 Å². The van der Waals surface area contributed by atoms with Crippen LogP contribution in [0.1, 0.15) is 15.9 Å². The number of nitrogens with zero attached hydrogens (tertiary/aromatic N) is 1. The highest BCUT2D eigenvalue weighted by atomic mass is 32.2. The summed E-state index contributed by atoms with van der Waals surface area (Å²) in [5, 5.41) is 9.80. The van der Waals surface area contributed by atoms with Crippen molar-refractivity contribution in [3.63, 3.8) is 0 Å². The van der Waals surface area contributed by atoms with Crippen molar-refractivity contribution in [1.29, 1.82) is 0 Å². The maximum absolute atomic E-state index is 10.9. The molecule has 4 nitrogen and oxygen atoms in total. The van der Waals surface area contributed by atoms with Crippen molar-refractivity contribution in [2.24, 2.45) is 0 Å². The molecule has 0 spiro atoms. The molecule has 0 saturated carbocycles. The normalized spacial score (nSPS) is 10.8. The fourth-order valence-corrected chi connectivity index (χ4v) is 2.77. The van der Waals surface area contributed by atoms with Crippen LogP contribution in [0.3, 0.4) is 0 Å². The number of thioether (sulfide) groups is 1. The molecule has 0 aliphatic rings. The first-order valence-electron chi connectivity index (χ1n) is 6.12. The molecule has 0 fully saturated rings. The predicted molar refractivity (Wildman–Crippen MR) is 79.1 cm³/mol. The first kappa shape index (κ1) is 12.7. The highest BCUT2D eigenvalue weighted by molar-refractivity contribution is 7.98. The Balaban J connectivity index is 1.75. The Hall–Kier alpha value is -2.27. The monoisotopic (exact) mass is 284 g/mol. The van der Waals surface area contributed by atoms with E-state index in [2.05, 4.69) is 9.97 Å². The Bertz CT molecular complexity index is 734. The van der Waals surface area contributed by atoms with Gasteiger partial charge in [0.1, 0.15) is 0 Å². The van der Waals surface area contributed by atoms with Crippen LogP contribution in [-0.2, 0) is 5.75 Å². The molecule has 5 heteroatoms. The third-order valence-corrected chi connectivity index (χ3v) is 3.86. The molecule has 1 aromatic heterocycles. The summed E-state index contributed by atoms with van der Waals surface area (Å²) < 4.78 is 0. The molecular weight excluding hydrogens is 272 g/mol. The minimum atomic E-state index is -0.902. The number of aromatic carboxylic acids is 1. The summed E-state index contributed by atoms with van der Waals surface area (Å²) in [4.78, 5) is 18.6. The first-order chi connectivity index (χ1) is 9.72. The molecule has 0 unspecified atom stereocenters. The number of carboxylic acid groups (broad SMARTS) is 1. The number of hydrogen-bond donors (Lipinski definition) is 2. The lowest BCUT2D eigenvalue weighted by Gasteiger charge is -2.00. The quantitative estimate of drug-likeness (QED) is 0.719. The molecule has 0 atom stereocenters. The number of fused-ring (bicyclic) bond motifs is 1. The van der Waals surface area contributed by atoms with Crippen LogP contribution in [0, 0.1) is 0 Å².